The van der Waals surface area contributed by atoms with E-state index < -0.39 is 0 Å². The van der Waals surface area contributed by atoms with Gasteiger partial charge in [-0.25, -0.2) is 0 Å². The molecule has 0 aromatic carbocycles. The van der Waals surface area contributed by atoms with E-state index in [9.17, 15) is 0 Å². The molecule has 1 aliphatic rings. The van der Waals surface area contributed by atoms with Crippen LogP contribution >= 0.6 is 0 Å². The van der Waals surface area contributed by atoms with Gasteiger partial charge in [0.05, 0.1) is 5.60 Å². The van der Waals surface area contributed by atoms with E-state index in [4.69, 9.17) is 4.74 Å². The molecule has 1 heterocycles. The van der Waals surface area contributed by atoms with Crippen LogP contribution in [0.5, 0.6) is 0 Å². The average Bonchev–Trinajstić information content (AvgIpc) is 2.20. The average molecular weight is 228 g/mol. The van der Waals surface area contributed by atoms with Crippen LogP contribution in [-0.2, 0) is 4.74 Å². The van der Waals surface area contributed by atoms with Gasteiger partial charge in [-0.3, -0.25) is 0 Å². The number of hydrogen-bond acceptors (Lipinski definition) is 3. The molecule has 1 fully saturated rings. The molecule has 1 N–H and O–H groups in total. The van der Waals surface area contributed by atoms with Crippen LogP contribution in [0.3, 0.4) is 0 Å². The lowest BCUT2D eigenvalue weighted by atomic mass is 9.98. The largest absolute Gasteiger partial charge is 0.375 e. The molecule has 1 saturated heterocycles. The fourth-order valence-corrected chi connectivity index (χ4v) is 2.31. The van der Waals surface area contributed by atoms with Gasteiger partial charge in [0.15, 0.2) is 0 Å². The number of nitrogens with zero attached hydrogens (tertiary/aromatic N) is 1. The fourth-order valence-electron chi connectivity index (χ4n) is 2.31. The number of piperidine rings is 1. The van der Waals surface area contributed by atoms with Crippen LogP contribution in [0.25, 0.3) is 0 Å². The third-order valence-electron chi connectivity index (χ3n) is 3.56. The van der Waals surface area contributed by atoms with E-state index in [1.165, 1.54) is 19.4 Å². The molecule has 0 radical (unpaired) electrons. The van der Waals surface area contributed by atoms with Crippen molar-refractivity contribution in [2.75, 3.05) is 26.7 Å². The smallest absolute Gasteiger partial charge is 0.0750 e. The number of hydrogen-bond donors (Lipinski definition) is 1. The minimum absolute atomic E-state index is 0.0403. The van der Waals surface area contributed by atoms with Crippen molar-refractivity contribution < 1.29 is 4.74 Å². The Morgan fingerprint density at radius 3 is 2.69 bits per heavy atom. The molecule has 16 heavy (non-hydrogen) atoms. The van der Waals surface area contributed by atoms with E-state index in [0.29, 0.717) is 12.1 Å². The molecular formula is C13H28N2O. The van der Waals surface area contributed by atoms with Gasteiger partial charge in [0.1, 0.15) is 0 Å². The quantitative estimate of drug-likeness (QED) is 0.777. The summed E-state index contributed by atoms with van der Waals surface area (Å²) in [6.07, 6.45) is 2.50. The first-order chi connectivity index (χ1) is 7.44. The summed E-state index contributed by atoms with van der Waals surface area (Å²) in [5, 5.41) is 3.65. The Kier molecular flexibility index (Phi) is 5.22. The second kappa shape index (κ2) is 5.99. The van der Waals surface area contributed by atoms with E-state index in [1.54, 1.807) is 0 Å². The molecule has 0 aliphatic carbocycles. The van der Waals surface area contributed by atoms with Crippen molar-refractivity contribution in [2.45, 2.75) is 58.2 Å². The number of ether oxygens (including phenoxy) is 1. The van der Waals surface area contributed by atoms with Crippen molar-refractivity contribution in [3.8, 4) is 0 Å². The molecule has 0 amide bonds. The summed E-state index contributed by atoms with van der Waals surface area (Å²) in [6, 6.07) is 1.35. The highest BCUT2D eigenvalue weighted by molar-refractivity contribution is 4.83. The van der Waals surface area contributed by atoms with Gasteiger partial charge in [-0.1, -0.05) is 0 Å². The first kappa shape index (κ1) is 13.9. The Hall–Kier alpha value is -0.120. The SMILES string of the molecule is CCOC(C)(C)CNC1CCN(C)C(C)C1. The minimum Gasteiger partial charge on any atom is -0.375 e. The Labute approximate surface area is 101 Å². The number of rotatable bonds is 5. The van der Waals surface area contributed by atoms with E-state index in [0.717, 1.165) is 13.2 Å². The van der Waals surface area contributed by atoms with Crippen LogP contribution < -0.4 is 5.32 Å². The zero-order valence-corrected chi connectivity index (χ0v) is 11.5. The van der Waals surface area contributed by atoms with Crippen LogP contribution in [0, 0.1) is 0 Å². The van der Waals surface area contributed by atoms with E-state index in [2.05, 4.69) is 45.0 Å². The van der Waals surface area contributed by atoms with Gasteiger partial charge in [-0.15, -0.1) is 0 Å². The summed E-state index contributed by atoms with van der Waals surface area (Å²) in [6.45, 7) is 11.6. The predicted molar refractivity (Wildman–Crippen MR) is 68.8 cm³/mol. The van der Waals surface area contributed by atoms with Gasteiger partial charge in [0.2, 0.25) is 0 Å². The minimum atomic E-state index is -0.0403. The second-order valence-electron chi connectivity index (χ2n) is 5.62. The lowest BCUT2D eigenvalue weighted by molar-refractivity contribution is -0.0125. The summed E-state index contributed by atoms with van der Waals surface area (Å²) in [5.74, 6) is 0. The standard InChI is InChI=1S/C13H28N2O/c1-6-16-13(3,4)10-14-12-7-8-15(5)11(2)9-12/h11-12,14H,6-10H2,1-5H3. The summed E-state index contributed by atoms with van der Waals surface area (Å²) < 4.78 is 5.70. The highest BCUT2D eigenvalue weighted by Gasteiger charge is 2.25. The van der Waals surface area contributed by atoms with Crippen LogP contribution in [0.15, 0.2) is 0 Å². The van der Waals surface area contributed by atoms with Gasteiger partial charge < -0.3 is 15.0 Å². The molecule has 1 aliphatic heterocycles. The Morgan fingerprint density at radius 1 is 1.44 bits per heavy atom. The highest BCUT2D eigenvalue weighted by Crippen LogP contribution is 2.16. The molecule has 0 aromatic rings. The summed E-state index contributed by atoms with van der Waals surface area (Å²) in [5.41, 5.74) is -0.0403. The third kappa shape index (κ3) is 4.40. The number of likely N-dealkylation sites (tertiary alicyclic amines) is 1. The molecule has 0 bridgehead atoms. The number of nitrogens with one attached hydrogen (secondary N) is 1. The summed E-state index contributed by atoms with van der Waals surface area (Å²) in [4.78, 5) is 2.44. The Balaban J connectivity index is 2.28. The van der Waals surface area contributed by atoms with E-state index in [1.807, 2.05) is 0 Å². The molecule has 2 unspecified atom stereocenters. The first-order valence-electron chi connectivity index (χ1n) is 6.52. The molecule has 3 heteroatoms. The van der Waals surface area contributed by atoms with Gasteiger partial charge in [-0.05, 0) is 54.1 Å². The molecule has 96 valence electrons. The zero-order chi connectivity index (χ0) is 12.2. The predicted octanol–water partition coefficient (Wildman–Crippen LogP) is 1.87. The maximum atomic E-state index is 5.70. The van der Waals surface area contributed by atoms with Crippen molar-refractivity contribution in [3.05, 3.63) is 0 Å². The van der Waals surface area contributed by atoms with Gasteiger partial charge >= 0.3 is 0 Å². The Morgan fingerprint density at radius 2 is 2.12 bits per heavy atom. The molecule has 1 rings (SSSR count). The third-order valence-corrected chi connectivity index (χ3v) is 3.56. The Bertz CT molecular complexity index is 206. The van der Waals surface area contributed by atoms with Crippen LogP contribution in [0.2, 0.25) is 0 Å². The molecular weight excluding hydrogens is 200 g/mol. The van der Waals surface area contributed by atoms with Crippen LogP contribution in [0.4, 0.5) is 0 Å². The van der Waals surface area contributed by atoms with E-state index in [-0.39, 0.29) is 5.60 Å². The molecule has 0 saturated carbocycles. The van der Waals surface area contributed by atoms with Crippen molar-refractivity contribution in [1.29, 1.82) is 0 Å². The second-order valence-corrected chi connectivity index (χ2v) is 5.62. The normalized spacial score (nSPS) is 28.3. The summed E-state index contributed by atoms with van der Waals surface area (Å²) in [7, 11) is 2.21. The molecule has 0 aromatic heterocycles. The van der Waals surface area contributed by atoms with E-state index >= 15 is 0 Å². The molecule has 0 spiro atoms. The van der Waals surface area contributed by atoms with Crippen molar-refractivity contribution in [1.82, 2.24) is 10.2 Å². The zero-order valence-electron chi connectivity index (χ0n) is 11.5. The highest BCUT2D eigenvalue weighted by atomic mass is 16.5. The molecule has 3 nitrogen and oxygen atoms in total. The van der Waals surface area contributed by atoms with Gasteiger partial charge in [0.25, 0.3) is 0 Å². The van der Waals surface area contributed by atoms with Gasteiger partial charge in [-0.2, -0.15) is 0 Å². The van der Waals surface area contributed by atoms with Gasteiger partial charge in [0, 0.05) is 25.2 Å². The lowest BCUT2D eigenvalue weighted by Gasteiger charge is -2.37. The maximum absolute atomic E-state index is 5.70. The summed E-state index contributed by atoms with van der Waals surface area (Å²) >= 11 is 0. The van der Waals surface area contributed by atoms with Crippen molar-refractivity contribution >= 4 is 0 Å². The maximum Gasteiger partial charge on any atom is 0.0750 e. The van der Waals surface area contributed by atoms with Crippen molar-refractivity contribution in [2.24, 2.45) is 0 Å². The topological polar surface area (TPSA) is 24.5 Å². The van der Waals surface area contributed by atoms with Crippen LogP contribution in [-0.4, -0.2) is 49.3 Å². The molecule has 2 atom stereocenters. The first-order valence-corrected chi connectivity index (χ1v) is 6.52. The fraction of sp³-hybridized carbons (Fsp3) is 1.00. The van der Waals surface area contributed by atoms with Crippen molar-refractivity contribution in [3.63, 3.8) is 0 Å². The monoisotopic (exact) mass is 228 g/mol. The van der Waals surface area contributed by atoms with Crippen LogP contribution in [0.1, 0.15) is 40.5 Å². The lowest BCUT2D eigenvalue weighted by Crippen LogP contribution is -2.49.